The number of aliphatic carboxylic acids is 1. The number of aromatic nitrogens is 1. The molecule has 1 saturated heterocycles. The Balaban J connectivity index is 2.09. The summed E-state index contributed by atoms with van der Waals surface area (Å²) in [5, 5.41) is 8.95. The van der Waals surface area contributed by atoms with Crippen molar-refractivity contribution in [3.8, 4) is 0 Å². The Morgan fingerprint density at radius 2 is 2.41 bits per heavy atom. The molecule has 0 radical (unpaired) electrons. The zero-order valence-electron chi connectivity index (χ0n) is 9.41. The lowest BCUT2D eigenvalue weighted by Crippen LogP contribution is -2.36. The van der Waals surface area contributed by atoms with Crippen LogP contribution in [0.2, 0.25) is 0 Å². The number of carboxylic acids is 1. The fourth-order valence-corrected chi connectivity index (χ4v) is 1.85. The number of nitrogens with zero attached hydrogens (tertiary/aromatic N) is 3. The largest absolute Gasteiger partial charge is 0.480 e. The Hall–Kier alpha value is -2.11. The lowest BCUT2D eigenvalue weighted by Gasteiger charge is -2.15. The van der Waals surface area contributed by atoms with Crippen molar-refractivity contribution >= 4 is 12.0 Å². The predicted molar refractivity (Wildman–Crippen MR) is 59.2 cm³/mol. The van der Waals surface area contributed by atoms with Crippen LogP contribution in [-0.4, -0.2) is 51.5 Å². The highest BCUT2D eigenvalue weighted by molar-refractivity contribution is 5.86. The van der Waals surface area contributed by atoms with E-state index in [1.165, 1.54) is 16.8 Å². The van der Waals surface area contributed by atoms with Gasteiger partial charge in [0.2, 0.25) is 0 Å². The van der Waals surface area contributed by atoms with Crippen molar-refractivity contribution in [3.63, 3.8) is 0 Å². The highest BCUT2D eigenvalue weighted by Gasteiger charge is 2.38. The molecule has 17 heavy (non-hydrogen) atoms. The van der Waals surface area contributed by atoms with Crippen molar-refractivity contribution < 1.29 is 14.7 Å². The van der Waals surface area contributed by atoms with Gasteiger partial charge in [-0.15, -0.1) is 0 Å². The molecule has 1 unspecified atom stereocenters. The van der Waals surface area contributed by atoms with E-state index in [1.54, 1.807) is 18.5 Å². The van der Waals surface area contributed by atoms with Crippen LogP contribution in [-0.2, 0) is 11.3 Å². The monoisotopic (exact) mass is 235 g/mol. The summed E-state index contributed by atoms with van der Waals surface area (Å²) in [5.74, 6) is -0.977. The van der Waals surface area contributed by atoms with E-state index < -0.39 is 12.0 Å². The molecule has 1 aromatic rings. The van der Waals surface area contributed by atoms with E-state index in [0.717, 1.165) is 5.56 Å². The van der Waals surface area contributed by atoms with Gasteiger partial charge in [0.15, 0.2) is 0 Å². The number of carboxylic acid groups (broad SMARTS) is 1. The molecule has 0 aromatic carbocycles. The van der Waals surface area contributed by atoms with Gasteiger partial charge in [-0.1, -0.05) is 6.07 Å². The SMILES string of the molecule is CN1C(=O)N(Cc2cccnc2)CC1C(=O)O. The van der Waals surface area contributed by atoms with E-state index in [2.05, 4.69) is 4.98 Å². The number of amides is 2. The van der Waals surface area contributed by atoms with Crippen molar-refractivity contribution in [1.29, 1.82) is 0 Å². The van der Waals surface area contributed by atoms with Crippen LogP contribution in [0.1, 0.15) is 5.56 Å². The van der Waals surface area contributed by atoms with Gasteiger partial charge in [0.05, 0.1) is 6.54 Å². The second kappa shape index (κ2) is 4.40. The first-order valence-electron chi connectivity index (χ1n) is 5.23. The smallest absolute Gasteiger partial charge is 0.328 e. The third-order valence-corrected chi connectivity index (χ3v) is 2.81. The molecule has 2 rings (SSSR count). The number of carbonyl (C=O) groups is 2. The summed E-state index contributed by atoms with van der Waals surface area (Å²) < 4.78 is 0. The molecule has 1 fully saturated rings. The maximum atomic E-state index is 11.8. The molecule has 1 N–H and O–H groups in total. The van der Waals surface area contributed by atoms with Crippen LogP contribution < -0.4 is 0 Å². The summed E-state index contributed by atoms with van der Waals surface area (Å²) in [6.07, 6.45) is 3.32. The standard InChI is InChI=1S/C11H13N3O3/c1-13-9(10(15)16)7-14(11(13)17)6-8-3-2-4-12-5-8/h2-5,9H,6-7H2,1H3,(H,15,16). The molecule has 0 aliphatic carbocycles. The molecule has 1 aliphatic heterocycles. The number of likely N-dealkylation sites (N-methyl/N-ethyl adjacent to an activating group) is 1. The third-order valence-electron chi connectivity index (χ3n) is 2.81. The number of rotatable bonds is 3. The summed E-state index contributed by atoms with van der Waals surface area (Å²) >= 11 is 0. The highest BCUT2D eigenvalue weighted by atomic mass is 16.4. The molecule has 2 amide bonds. The van der Waals surface area contributed by atoms with Gasteiger partial charge in [-0.25, -0.2) is 9.59 Å². The molecule has 6 heteroatoms. The van der Waals surface area contributed by atoms with E-state index in [1.807, 2.05) is 6.07 Å². The van der Waals surface area contributed by atoms with Gasteiger partial charge in [0.1, 0.15) is 6.04 Å². The predicted octanol–water partition coefficient (Wildman–Crippen LogP) is 0.402. The lowest BCUT2D eigenvalue weighted by molar-refractivity contribution is -0.140. The maximum absolute atomic E-state index is 11.8. The van der Waals surface area contributed by atoms with E-state index in [-0.39, 0.29) is 12.6 Å². The first-order valence-corrected chi connectivity index (χ1v) is 5.23. The topological polar surface area (TPSA) is 73.7 Å². The Bertz CT molecular complexity index is 435. The molecule has 0 bridgehead atoms. The number of pyridine rings is 1. The van der Waals surface area contributed by atoms with Crippen LogP contribution in [0.3, 0.4) is 0 Å². The summed E-state index contributed by atoms with van der Waals surface area (Å²) in [7, 11) is 1.50. The summed E-state index contributed by atoms with van der Waals surface area (Å²) in [4.78, 5) is 29.4. The summed E-state index contributed by atoms with van der Waals surface area (Å²) in [6, 6.07) is 2.61. The number of hydrogen-bond acceptors (Lipinski definition) is 3. The minimum absolute atomic E-state index is 0.208. The summed E-state index contributed by atoms with van der Waals surface area (Å²) in [5.41, 5.74) is 0.889. The van der Waals surface area contributed by atoms with Crippen LogP contribution in [0.25, 0.3) is 0 Å². The van der Waals surface area contributed by atoms with E-state index in [9.17, 15) is 9.59 Å². The normalized spacial score (nSPS) is 19.8. The Morgan fingerprint density at radius 1 is 1.65 bits per heavy atom. The van der Waals surface area contributed by atoms with Crippen LogP contribution >= 0.6 is 0 Å². The van der Waals surface area contributed by atoms with Gasteiger partial charge in [-0.05, 0) is 11.6 Å². The molecule has 1 aromatic heterocycles. The van der Waals surface area contributed by atoms with Gasteiger partial charge in [-0.3, -0.25) is 4.98 Å². The van der Waals surface area contributed by atoms with Crippen molar-refractivity contribution in [3.05, 3.63) is 30.1 Å². The zero-order chi connectivity index (χ0) is 12.4. The van der Waals surface area contributed by atoms with E-state index in [0.29, 0.717) is 6.54 Å². The average molecular weight is 235 g/mol. The minimum Gasteiger partial charge on any atom is -0.480 e. The second-order valence-corrected chi connectivity index (χ2v) is 3.99. The molecule has 90 valence electrons. The van der Waals surface area contributed by atoms with Crippen LogP contribution in [0, 0.1) is 0 Å². The van der Waals surface area contributed by atoms with E-state index >= 15 is 0 Å². The number of urea groups is 1. The van der Waals surface area contributed by atoms with E-state index in [4.69, 9.17) is 5.11 Å². The van der Waals surface area contributed by atoms with Crippen molar-refractivity contribution in [1.82, 2.24) is 14.8 Å². The second-order valence-electron chi connectivity index (χ2n) is 3.99. The average Bonchev–Trinajstić information content (AvgIpc) is 2.59. The highest BCUT2D eigenvalue weighted by Crippen LogP contribution is 2.16. The Labute approximate surface area is 98.5 Å². The molecule has 0 saturated carbocycles. The lowest BCUT2D eigenvalue weighted by atomic mass is 10.2. The minimum atomic E-state index is -0.977. The maximum Gasteiger partial charge on any atom is 0.328 e. The van der Waals surface area contributed by atoms with Gasteiger partial charge in [-0.2, -0.15) is 0 Å². The van der Waals surface area contributed by atoms with Crippen LogP contribution in [0.4, 0.5) is 4.79 Å². The number of carbonyl (C=O) groups excluding carboxylic acids is 1. The van der Waals surface area contributed by atoms with Gasteiger partial charge in [0, 0.05) is 26.0 Å². The molecular weight excluding hydrogens is 222 g/mol. The first kappa shape index (κ1) is 11.4. The quantitative estimate of drug-likeness (QED) is 0.823. The molecule has 2 heterocycles. The van der Waals surface area contributed by atoms with Crippen molar-refractivity contribution in [2.24, 2.45) is 0 Å². The fourth-order valence-electron chi connectivity index (χ4n) is 1.85. The van der Waals surface area contributed by atoms with Crippen LogP contribution in [0.5, 0.6) is 0 Å². The molecule has 6 nitrogen and oxygen atoms in total. The molecular formula is C11H13N3O3. The number of hydrogen-bond donors (Lipinski definition) is 1. The zero-order valence-corrected chi connectivity index (χ0v) is 9.41. The first-order chi connectivity index (χ1) is 8.09. The molecule has 0 spiro atoms. The fraction of sp³-hybridized carbons (Fsp3) is 0.364. The Morgan fingerprint density at radius 3 is 2.94 bits per heavy atom. The van der Waals surface area contributed by atoms with Gasteiger partial charge in [0.25, 0.3) is 0 Å². The van der Waals surface area contributed by atoms with Crippen LogP contribution in [0.15, 0.2) is 24.5 Å². The van der Waals surface area contributed by atoms with Gasteiger partial charge >= 0.3 is 12.0 Å². The third kappa shape index (κ3) is 2.20. The Kier molecular flexibility index (Phi) is 2.95. The van der Waals surface area contributed by atoms with Crippen molar-refractivity contribution in [2.75, 3.05) is 13.6 Å². The molecule has 1 atom stereocenters. The molecule has 1 aliphatic rings. The van der Waals surface area contributed by atoms with Gasteiger partial charge < -0.3 is 14.9 Å². The summed E-state index contributed by atoms with van der Waals surface area (Å²) in [6.45, 7) is 0.598. The van der Waals surface area contributed by atoms with Crippen molar-refractivity contribution in [2.45, 2.75) is 12.6 Å².